The molecule has 1 unspecified atom stereocenters. The van der Waals surface area contributed by atoms with Crippen LogP contribution < -0.4 is 4.74 Å². The van der Waals surface area contributed by atoms with Gasteiger partial charge >= 0.3 is 5.97 Å². The Bertz CT molecular complexity index is 1200. The van der Waals surface area contributed by atoms with Crippen molar-refractivity contribution in [3.05, 3.63) is 71.2 Å². The van der Waals surface area contributed by atoms with E-state index in [2.05, 4.69) is 11.6 Å². The summed E-state index contributed by atoms with van der Waals surface area (Å²) in [6.07, 6.45) is 3.18. The zero-order valence-electron chi connectivity index (χ0n) is 18.7. The van der Waals surface area contributed by atoms with Gasteiger partial charge in [0, 0.05) is 18.2 Å². The van der Waals surface area contributed by atoms with Gasteiger partial charge in [-0.1, -0.05) is 31.2 Å². The number of rotatable bonds is 9. The summed E-state index contributed by atoms with van der Waals surface area (Å²) in [7, 11) is 0. The van der Waals surface area contributed by atoms with Crippen molar-refractivity contribution in [1.82, 2.24) is 4.90 Å². The second-order valence-corrected chi connectivity index (χ2v) is 8.39. The molecule has 1 aliphatic heterocycles. The first kappa shape index (κ1) is 24.8. The number of aromatic carboxylic acids is 1. The summed E-state index contributed by atoms with van der Waals surface area (Å²) < 4.78 is 5.89. The molecule has 2 aromatic carbocycles. The topological polar surface area (TPSA) is 116 Å². The third-order valence-electron chi connectivity index (χ3n) is 4.94. The maximum absolute atomic E-state index is 13.1. The molecule has 176 valence electrons. The number of aliphatic imine (C=N–C) groups is 1. The van der Waals surface area contributed by atoms with Gasteiger partial charge in [0.1, 0.15) is 17.1 Å². The maximum Gasteiger partial charge on any atom is 0.339 e. The Balaban J connectivity index is 1.96. The van der Waals surface area contributed by atoms with Crippen molar-refractivity contribution in [2.75, 3.05) is 6.54 Å². The van der Waals surface area contributed by atoms with Crippen molar-refractivity contribution in [2.45, 2.75) is 26.4 Å². The fraction of sp³-hybridized carbons (Fsp3) is 0.200. The van der Waals surface area contributed by atoms with Crippen molar-refractivity contribution < 1.29 is 29.3 Å². The molecular formula is C25H24N2O6S. The van der Waals surface area contributed by atoms with Crippen LogP contribution in [0.2, 0.25) is 0 Å². The van der Waals surface area contributed by atoms with Gasteiger partial charge in [-0.15, -0.1) is 6.58 Å². The molecule has 1 saturated heterocycles. The molecule has 0 aliphatic carbocycles. The molecule has 1 aliphatic rings. The van der Waals surface area contributed by atoms with Gasteiger partial charge in [0.25, 0.3) is 5.91 Å². The summed E-state index contributed by atoms with van der Waals surface area (Å²) in [6, 6.07) is 11.1. The monoisotopic (exact) mass is 480 g/mol. The van der Waals surface area contributed by atoms with E-state index in [4.69, 9.17) is 9.84 Å². The number of hydrogen-bond donors (Lipinski definition) is 2. The maximum atomic E-state index is 13.1. The molecule has 2 N–H and O–H groups in total. The van der Waals surface area contributed by atoms with Crippen LogP contribution in [0.4, 0.5) is 5.69 Å². The van der Waals surface area contributed by atoms with Crippen molar-refractivity contribution in [2.24, 2.45) is 4.99 Å². The fourth-order valence-corrected chi connectivity index (χ4v) is 4.22. The first-order chi connectivity index (χ1) is 16.2. The molecule has 1 amide bonds. The van der Waals surface area contributed by atoms with Crippen LogP contribution in [0.15, 0.2) is 65.0 Å². The van der Waals surface area contributed by atoms with Crippen LogP contribution in [0.3, 0.4) is 0 Å². The number of hydrogen-bond acceptors (Lipinski definition) is 7. The second kappa shape index (κ2) is 10.8. The quantitative estimate of drug-likeness (QED) is 0.397. The zero-order valence-corrected chi connectivity index (χ0v) is 19.5. The highest BCUT2D eigenvalue weighted by Crippen LogP contribution is 2.36. The summed E-state index contributed by atoms with van der Waals surface area (Å²) in [5, 5.41) is 19.4. The van der Waals surface area contributed by atoms with E-state index >= 15 is 0 Å². The minimum atomic E-state index is -1.25. The SMILES string of the molecule is C=CCN1C(=O)/C(=C/c2ccccc2OC(CC)C(C)=O)SC1=Nc1ccc(C(=O)O)c(O)c1. The number of Topliss-reactive ketones (excluding diaryl/α,β-unsaturated/α-hetero) is 1. The molecule has 0 spiro atoms. The summed E-state index contributed by atoms with van der Waals surface area (Å²) in [6.45, 7) is 7.24. The van der Waals surface area contributed by atoms with Crippen molar-refractivity contribution >= 4 is 46.4 Å². The molecule has 34 heavy (non-hydrogen) atoms. The number of amidine groups is 1. The third kappa shape index (κ3) is 5.55. The van der Waals surface area contributed by atoms with Gasteiger partial charge in [-0.2, -0.15) is 0 Å². The average Bonchev–Trinajstić information content (AvgIpc) is 3.07. The van der Waals surface area contributed by atoms with Crippen LogP contribution in [0.25, 0.3) is 6.08 Å². The van der Waals surface area contributed by atoms with Gasteiger partial charge in [0.05, 0.1) is 10.6 Å². The number of carbonyl (C=O) groups excluding carboxylic acids is 2. The number of phenols is 1. The van der Waals surface area contributed by atoms with Crippen molar-refractivity contribution in [3.8, 4) is 11.5 Å². The summed E-state index contributed by atoms with van der Waals surface area (Å²) in [5.74, 6) is -1.56. The van der Waals surface area contributed by atoms with Crippen molar-refractivity contribution in [3.63, 3.8) is 0 Å². The van der Waals surface area contributed by atoms with Crippen LogP contribution in [0.5, 0.6) is 11.5 Å². The van der Waals surface area contributed by atoms with E-state index in [1.165, 1.54) is 30.0 Å². The van der Waals surface area contributed by atoms with Gasteiger partial charge in [0.2, 0.25) is 0 Å². The molecular weight excluding hydrogens is 456 g/mol. The van der Waals surface area contributed by atoms with Crippen LogP contribution in [-0.4, -0.2) is 50.6 Å². The summed E-state index contributed by atoms with van der Waals surface area (Å²) in [5.41, 5.74) is 0.695. The number of benzene rings is 2. The highest BCUT2D eigenvalue weighted by Gasteiger charge is 2.33. The van der Waals surface area contributed by atoms with Crippen LogP contribution in [-0.2, 0) is 9.59 Å². The van der Waals surface area contributed by atoms with E-state index in [-0.39, 0.29) is 23.8 Å². The smallest absolute Gasteiger partial charge is 0.339 e. The molecule has 8 nitrogen and oxygen atoms in total. The largest absolute Gasteiger partial charge is 0.507 e. The van der Waals surface area contributed by atoms with E-state index in [0.29, 0.717) is 33.5 Å². The second-order valence-electron chi connectivity index (χ2n) is 7.38. The Hall–Kier alpha value is -3.85. The summed E-state index contributed by atoms with van der Waals surface area (Å²) >= 11 is 1.13. The number of ketones is 1. The van der Waals surface area contributed by atoms with E-state index in [1.807, 2.05) is 6.92 Å². The first-order valence-corrected chi connectivity index (χ1v) is 11.3. The molecule has 1 heterocycles. The molecule has 2 aromatic rings. The molecule has 9 heteroatoms. The average molecular weight is 481 g/mol. The minimum absolute atomic E-state index is 0.0833. The lowest BCUT2D eigenvalue weighted by molar-refractivity contribution is -0.124. The van der Waals surface area contributed by atoms with E-state index in [1.54, 1.807) is 36.4 Å². The Morgan fingerprint density at radius 1 is 1.26 bits per heavy atom. The number of nitrogens with zero attached hydrogens (tertiary/aromatic N) is 2. The van der Waals surface area contributed by atoms with Crippen LogP contribution in [0.1, 0.15) is 36.2 Å². The number of ether oxygens (including phenoxy) is 1. The Morgan fingerprint density at radius 3 is 2.62 bits per heavy atom. The van der Waals surface area contributed by atoms with Crippen molar-refractivity contribution in [1.29, 1.82) is 0 Å². The van der Waals surface area contributed by atoms with Gasteiger partial charge in [-0.25, -0.2) is 9.79 Å². The lowest BCUT2D eigenvalue weighted by Crippen LogP contribution is -2.29. The molecule has 0 saturated carbocycles. The molecule has 1 atom stereocenters. The van der Waals surface area contributed by atoms with Gasteiger partial charge in [-0.05, 0) is 49.4 Å². The van der Waals surface area contributed by atoms with Gasteiger partial charge in [0.15, 0.2) is 17.1 Å². The van der Waals surface area contributed by atoms with E-state index in [9.17, 15) is 19.5 Å². The number of carboxylic acids is 1. The summed E-state index contributed by atoms with van der Waals surface area (Å²) in [4.78, 5) is 42.3. The Morgan fingerprint density at radius 2 is 2.00 bits per heavy atom. The minimum Gasteiger partial charge on any atom is -0.507 e. The highest BCUT2D eigenvalue weighted by molar-refractivity contribution is 8.18. The lowest BCUT2D eigenvalue weighted by atomic mass is 10.1. The van der Waals surface area contributed by atoms with Gasteiger partial charge in [-0.3, -0.25) is 14.5 Å². The fourth-order valence-electron chi connectivity index (χ4n) is 3.22. The highest BCUT2D eigenvalue weighted by atomic mass is 32.2. The molecule has 1 fully saturated rings. The third-order valence-corrected chi connectivity index (χ3v) is 5.94. The van der Waals surface area contributed by atoms with E-state index in [0.717, 1.165) is 11.8 Å². The number of thioether (sulfide) groups is 1. The van der Waals surface area contributed by atoms with E-state index < -0.39 is 17.8 Å². The molecule has 0 aromatic heterocycles. The number of para-hydroxylation sites is 1. The zero-order chi connectivity index (χ0) is 24.8. The van der Waals surface area contributed by atoms with Crippen LogP contribution >= 0.6 is 11.8 Å². The lowest BCUT2D eigenvalue weighted by Gasteiger charge is -2.16. The standard InChI is InChI=1S/C25H24N2O6S/c1-4-12-27-23(30)22(13-16-8-6-7-9-21(16)33-20(5-2)15(3)28)34-25(27)26-17-10-11-18(24(31)32)19(29)14-17/h4,6-11,13-14,20,29H,1,5,12H2,2-3H3,(H,31,32)/b22-13-,26-25?. The van der Waals surface area contributed by atoms with Crippen LogP contribution in [0, 0.1) is 0 Å². The molecule has 0 bridgehead atoms. The molecule has 0 radical (unpaired) electrons. The predicted molar refractivity (Wildman–Crippen MR) is 131 cm³/mol. The normalized spacial score (nSPS) is 16.6. The Labute approximate surface area is 201 Å². The predicted octanol–water partition coefficient (Wildman–Crippen LogP) is 4.63. The first-order valence-electron chi connectivity index (χ1n) is 10.5. The number of aromatic hydroxyl groups is 1. The number of amides is 1. The Kier molecular flexibility index (Phi) is 7.91. The van der Waals surface area contributed by atoms with Gasteiger partial charge < -0.3 is 14.9 Å². The molecule has 3 rings (SSSR count). The number of carbonyl (C=O) groups is 3. The number of carboxylic acid groups (broad SMARTS) is 1.